The lowest BCUT2D eigenvalue weighted by molar-refractivity contribution is 0.307. The van der Waals surface area contributed by atoms with Crippen molar-refractivity contribution >= 4 is 84.0 Å². The minimum absolute atomic E-state index is 0.0686. The molecule has 3 aliphatic carbocycles. The van der Waals surface area contributed by atoms with Crippen molar-refractivity contribution in [3.8, 4) is 95.1 Å². The van der Waals surface area contributed by atoms with Crippen LogP contribution in [0.5, 0.6) is 11.5 Å². The van der Waals surface area contributed by atoms with Gasteiger partial charge in [0.2, 0.25) is 0 Å². The third kappa shape index (κ3) is 18.0. The van der Waals surface area contributed by atoms with Crippen molar-refractivity contribution in [2.45, 2.75) is 83.5 Å². The molecular formula is C127H106BrN3O2. The predicted octanol–water partition coefficient (Wildman–Crippen LogP) is 34.8. The first kappa shape index (κ1) is 86.0. The highest BCUT2D eigenvalue weighted by Gasteiger charge is 2.38. The molecule has 0 atom stereocenters. The van der Waals surface area contributed by atoms with E-state index in [9.17, 15) is 0 Å². The lowest BCUT2D eigenvalue weighted by atomic mass is 9.82. The SMILES string of the molecule is C=Cc1ccc(OCCCCc2ccc(-n3c4ccccc4c4cc(-c5ccc(N(c6ccc(-c7ccccc7)cc6)c6ccc7c(c6)C(C)(C)c6ccccc6-7)cc5)ccc43)cc2)cc1.C=Cc1ccc(OCCCCc2ccc(Br)cc2)cc1.CC1(C)c2ccccc2-c2ccc(N(c3ccc(-c4ccccc4)cc3)c3ccc(-c4ccc5c(c4)-c4ccccc4C5)cc3)cc21. The largest absolute Gasteiger partial charge is 0.494 e. The van der Waals surface area contributed by atoms with Gasteiger partial charge in [0.05, 0.1) is 24.2 Å². The normalized spacial score (nSPS) is 12.5. The molecule has 6 heteroatoms. The van der Waals surface area contributed by atoms with Crippen molar-refractivity contribution in [1.29, 1.82) is 0 Å². The van der Waals surface area contributed by atoms with E-state index in [2.05, 4.69) is 447 Å². The van der Waals surface area contributed by atoms with Gasteiger partial charge in [-0.3, -0.25) is 0 Å². The summed E-state index contributed by atoms with van der Waals surface area (Å²) in [6.45, 7) is 18.5. The summed E-state index contributed by atoms with van der Waals surface area (Å²) in [6, 6.07) is 154. The number of ether oxygens (including phenoxy) is 2. The maximum Gasteiger partial charge on any atom is 0.119 e. The van der Waals surface area contributed by atoms with E-state index in [1.165, 1.54) is 156 Å². The van der Waals surface area contributed by atoms with Crippen LogP contribution in [0.1, 0.15) is 109 Å². The van der Waals surface area contributed by atoms with Crippen LogP contribution in [0.2, 0.25) is 0 Å². The van der Waals surface area contributed by atoms with Crippen molar-refractivity contribution in [2.75, 3.05) is 23.0 Å². The second kappa shape index (κ2) is 38.2. The lowest BCUT2D eigenvalue weighted by Gasteiger charge is -2.28. The Bertz CT molecular complexity index is 7380. The van der Waals surface area contributed by atoms with Gasteiger partial charge >= 0.3 is 0 Å². The second-order valence-corrected chi connectivity index (χ2v) is 37.0. The van der Waals surface area contributed by atoms with E-state index in [1.54, 1.807) is 0 Å². The molecule has 5 nitrogen and oxygen atoms in total. The van der Waals surface area contributed by atoms with Crippen LogP contribution < -0.4 is 19.3 Å². The number of hydrogen-bond donors (Lipinski definition) is 0. The molecule has 133 heavy (non-hydrogen) atoms. The van der Waals surface area contributed by atoms with E-state index < -0.39 is 0 Å². The molecule has 0 bridgehead atoms. The highest BCUT2D eigenvalue weighted by molar-refractivity contribution is 9.10. The Kier molecular flexibility index (Phi) is 24.7. The molecule has 0 saturated heterocycles. The van der Waals surface area contributed by atoms with Crippen molar-refractivity contribution in [2.24, 2.45) is 0 Å². The summed E-state index contributed by atoms with van der Waals surface area (Å²) in [5.74, 6) is 1.84. The van der Waals surface area contributed by atoms with E-state index in [0.29, 0.717) is 6.61 Å². The molecule has 0 spiro atoms. The zero-order chi connectivity index (χ0) is 90.4. The van der Waals surface area contributed by atoms with Gasteiger partial charge in [-0.25, -0.2) is 0 Å². The summed E-state index contributed by atoms with van der Waals surface area (Å²) in [5.41, 5.74) is 41.3. The van der Waals surface area contributed by atoms with E-state index >= 15 is 0 Å². The number of halogens is 1. The Labute approximate surface area is 791 Å². The van der Waals surface area contributed by atoms with E-state index in [4.69, 9.17) is 9.47 Å². The fourth-order valence-electron chi connectivity index (χ4n) is 19.9. The Morgan fingerprint density at radius 2 is 0.662 bits per heavy atom. The van der Waals surface area contributed by atoms with Crippen molar-refractivity contribution in [3.63, 3.8) is 0 Å². The molecule has 0 saturated carbocycles. The van der Waals surface area contributed by atoms with Gasteiger partial charge in [-0.15, -0.1) is 0 Å². The molecule has 3 aliphatic rings. The third-order valence-corrected chi connectivity index (χ3v) is 27.6. The molecule has 22 rings (SSSR count). The lowest BCUT2D eigenvalue weighted by Crippen LogP contribution is -2.16. The topological polar surface area (TPSA) is 29.9 Å². The van der Waals surface area contributed by atoms with Crippen LogP contribution in [0.15, 0.2) is 442 Å². The quantitative estimate of drug-likeness (QED) is 0.0534. The maximum absolute atomic E-state index is 5.98. The van der Waals surface area contributed by atoms with Crippen LogP contribution in [-0.2, 0) is 30.1 Å². The fraction of sp³-hybridized carbons (Fsp3) is 0.118. The Morgan fingerprint density at radius 3 is 1.14 bits per heavy atom. The first-order valence-electron chi connectivity index (χ1n) is 46.6. The van der Waals surface area contributed by atoms with Gasteiger partial charge in [0, 0.05) is 65.9 Å². The Balaban J connectivity index is 0.000000142. The number of benzene rings is 18. The van der Waals surface area contributed by atoms with Gasteiger partial charge in [-0.2, -0.15) is 0 Å². The predicted molar refractivity (Wildman–Crippen MR) is 566 cm³/mol. The standard InChI is InChI=1S/C63H52N2O.C46H35N.C18H19BrO/c1-4-44-23-37-54(38-24-44)66-41-13-12-14-45-21-30-52(31-22-45)65-61-20-11-9-18-57(61)58-42-49(29-40-62(58)65)48-27-34-51(35-28-48)64(50-32-25-47(26-33-50)46-15-6-5-7-16-46)53-36-39-56-55-17-8-10-19-59(55)63(2,3)60(56)43-53;1-46(2)44-15-9-8-14-41(44)42-27-26-39(30-45(42)46)47(37-22-18-32(19-23-37)31-10-4-3-5-11-31)38-24-20-33(21-25-38)34-16-17-36-28-35-12-6-7-13-40(35)43(36)29-34;1-2-15-8-12-18(13-9-15)20-14-4-3-5-16-6-10-17(19)11-7-16/h4-11,15-40,42-43H,1,12-14,41H2,2-3H3;3-27,29-30H,28H2,1-2H3;2,6-13H,1,3-5,14H2. The molecular weight excluding hydrogens is 1680 g/mol. The molecule has 19 aromatic rings. The van der Waals surface area contributed by atoms with Crippen LogP contribution in [0.25, 0.3) is 118 Å². The molecule has 0 aliphatic heterocycles. The van der Waals surface area contributed by atoms with Crippen LogP contribution >= 0.6 is 15.9 Å². The zero-order valence-electron chi connectivity index (χ0n) is 75.9. The van der Waals surface area contributed by atoms with Gasteiger partial charge < -0.3 is 23.8 Å². The molecule has 1 aromatic heterocycles. The van der Waals surface area contributed by atoms with Crippen LogP contribution in [0.3, 0.4) is 0 Å². The van der Waals surface area contributed by atoms with E-state index in [-0.39, 0.29) is 10.8 Å². The zero-order valence-corrected chi connectivity index (χ0v) is 77.5. The first-order valence-corrected chi connectivity index (χ1v) is 47.4. The number of aryl methyl sites for hydroxylation is 2. The number of rotatable bonds is 25. The molecule has 0 unspecified atom stereocenters. The Morgan fingerprint density at radius 1 is 0.293 bits per heavy atom. The summed E-state index contributed by atoms with van der Waals surface area (Å²) in [6.07, 6.45) is 11.1. The van der Waals surface area contributed by atoms with Crippen LogP contribution in [0.4, 0.5) is 34.1 Å². The number of para-hydroxylation sites is 1. The van der Waals surface area contributed by atoms with Crippen molar-refractivity contribution in [3.05, 3.63) is 498 Å². The Hall–Kier alpha value is -15.1. The number of nitrogens with zero attached hydrogens (tertiary/aromatic N) is 3. The molecule has 0 N–H and O–H groups in total. The first-order chi connectivity index (χ1) is 65.2. The average molecular weight is 1790 g/mol. The van der Waals surface area contributed by atoms with E-state index in [1.807, 2.05) is 60.7 Å². The molecule has 0 amide bonds. The molecule has 1 heterocycles. The fourth-order valence-corrected chi connectivity index (χ4v) is 20.1. The van der Waals surface area contributed by atoms with Gasteiger partial charge in [0.25, 0.3) is 0 Å². The summed E-state index contributed by atoms with van der Waals surface area (Å²) < 4.78 is 15.2. The number of hydrogen-bond acceptors (Lipinski definition) is 4. The molecule has 18 aromatic carbocycles. The summed E-state index contributed by atoms with van der Waals surface area (Å²) in [5, 5.41) is 2.50. The summed E-state index contributed by atoms with van der Waals surface area (Å²) in [4.78, 5) is 4.80. The maximum atomic E-state index is 5.98. The molecule has 0 fully saturated rings. The van der Waals surface area contributed by atoms with Gasteiger partial charge in [0.1, 0.15) is 11.5 Å². The smallest absolute Gasteiger partial charge is 0.119 e. The van der Waals surface area contributed by atoms with Crippen molar-refractivity contribution in [1.82, 2.24) is 4.57 Å². The van der Waals surface area contributed by atoms with Gasteiger partial charge in [-0.05, 0) is 324 Å². The van der Waals surface area contributed by atoms with E-state index in [0.717, 1.165) is 107 Å². The van der Waals surface area contributed by atoms with Crippen LogP contribution in [0, 0.1) is 0 Å². The van der Waals surface area contributed by atoms with Crippen molar-refractivity contribution < 1.29 is 9.47 Å². The number of anilines is 6. The summed E-state index contributed by atoms with van der Waals surface area (Å²) in [7, 11) is 0. The number of fused-ring (bicyclic) bond motifs is 12. The minimum atomic E-state index is -0.101. The highest BCUT2D eigenvalue weighted by Crippen LogP contribution is 2.54. The average Bonchev–Trinajstić information content (AvgIpc) is 1.59. The highest BCUT2D eigenvalue weighted by atomic mass is 79.9. The summed E-state index contributed by atoms with van der Waals surface area (Å²) >= 11 is 3.45. The number of unbranched alkanes of at least 4 members (excludes halogenated alkanes) is 2. The minimum Gasteiger partial charge on any atom is -0.494 e. The van der Waals surface area contributed by atoms with Gasteiger partial charge in [0.15, 0.2) is 0 Å². The number of aromatic nitrogens is 1. The molecule has 648 valence electrons. The van der Waals surface area contributed by atoms with Gasteiger partial charge in [-0.1, -0.05) is 348 Å². The monoisotopic (exact) mass is 1780 g/mol. The van der Waals surface area contributed by atoms with Crippen LogP contribution in [-0.4, -0.2) is 17.8 Å². The third-order valence-electron chi connectivity index (χ3n) is 27.1. The second-order valence-electron chi connectivity index (χ2n) is 36.1. The molecule has 0 radical (unpaired) electrons.